The van der Waals surface area contributed by atoms with Crippen LogP contribution in [-0.2, 0) is 4.79 Å². The SMILES string of the molecule is Cc1noc(C2CC(=O)N(c3ccc(Cl)cc3F)C2)n1. The molecule has 1 fully saturated rings. The van der Waals surface area contributed by atoms with Crippen LogP contribution in [0.15, 0.2) is 22.7 Å². The Morgan fingerprint density at radius 3 is 2.95 bits per heavy atom. The molecule has 1 amide bonds. The average molecular weight is 296 g/mol. The molecule has 1 atom stereocenters. The first-order valence-electron chi connectivity index (χ1n) is 6.10. The van der Waals surface area contributed by atoms with E-state index in [4.69, 9.17) is 16.1 Å². The van der Waals surface area contributed by atoms with Crippen LogP contribution < -0.4 is 4.90 Å². The number of aryl methyl sites for hydroxylation is 1. The van der Waals surface area contributed by atoms with Crippen molar-refractivity contribution in [2.24, 2.45) is 0 Å². The molecule has 0 radical (unpaired) electrons. The van der Waals surface area contributed by atoms with Crippen molar-refractivity contribution >= 4 is 23.2 Å². The van der Waals surface area contributed by atoms with Gasteiger partial charge < -0.3 is 9.42 Å². The second-order valence-electron chi connectivity index (χ2n) is 4.68. The zero-order chi connectivity index (χ0) is 14.3. The molecule has 2 aromatic rings. The molecule has 0 saturated carbocycles. The standard InChI is InChI=1S/C13H11ClFN3O2/c1-7-16-13(20-17-7)8-4-12(19)18(6-8)11-3-2-9(14)5-10(11)15/h2-3,5,8H,4,6H2,1H3. The Hall–Kier alpha value is -1.95. The molecule has 20 heavy (non-hydrogen) atoms. The van der Waals surface area contributed by atoms with Crippen molar-refractivity contribution in [1.82, 2.24) is 10.1 Å². The number of hydrogen-bond donors (Lipinski definition) is 0. The zero-order valence-electron chi connectivity index (χ0n) is 10.6. The van der Waals surface area contributed by atoms with E-state index in [2.05, 4.69) is 10.1 Å². The fourth-order valence-electron chi connectivity index (χ4n) is 2.28. The minimum atomic E-state index is -0.520. The van der Waals surface area contributed by atoms with E-state index in [1.165, 1.54) is 17.0 Å². The van der Waals surface area contributed by atoms with Gasteiger partial charge in [-0.2, -0.15) is 4.98 Å². The summed E-state index contributed by atoms with van der Waals surface area (Å²) in [5.74, 6) is 0.0235. The summed E-state index contributed by atoms with van der Waals surface area (Å²) >= 11 is 5.71. The third-order valence-corrected chi connectivity index (χ3v) is 3.45. The van der Waals surface area contributed by atoms with Gasteiger partial charge in [0.05, 0.1) is 11.6 Å². The maximum absolute atomic E-state index is 13.9. The van der Waals surface area contributed by atoms with Gasteiger partial charge in [0.25, 0.3) is 0 Å². The number of aromatic nitrogens is 2. The molecule has 0 N–H and O–H groups in total. The summed E-state index contributed by atoms with van der Waals surface area (Å²) in [7, 11) is 0. The summed E-state index contributed by atoms with van der Waals surface area (Å²) in [4.78, 5) is 17.5. The van der Waals surface area contributed by atoms with Crippen molar-refractivity contribution in [3.63, 3.8) is 0 Å². The zero-order valence-corrected chi connectivity index (χ0v) is 11.4. The smallest absolute Gasteiger partial charge is 0.232 e. The fourth-order valence-corrected chi connectivity index (χ4v) is 2.44. The van der Waals surface area contributed by atoms with E-state index in [1.54, 1.807) is 13.0 Å². The summed E-state index contributed by atoms with van der Waals surface area (Å²) in [6.07, 6.45) is 0.226. The summed E-state index contributed by atoms with van der Waals surface area (Å²) in [6.45, 7) is 2.03. The minimum Gasteiger partial charge on any atom is -0.339 e. The number of anilines is 1. The van der Waals surface area contributed by atoms with Gasteiger partial charge in [-0.1, -0.05) is 16.8 Å². The van der Waals surface area contributed by atoms with Gasteiger partial charge in [-0.05, 0) is 25.1 Å². The van der Waals surface area contributed by atoms with E-state index in [0.29, 0.717) is 23.3 Å². The summed E-state index contributed by atoms with van der Waals surface area (Å²) in [6, 6.07) is 4.24. The molecule has 2 heterocycles. The lowest BCUT2D eigenvalue weighted by atomic mass is 10.1. The lowest BCUT2D eigenvalue weighted by molar-refractivity contribution is -0.117. The average Bonchev–Trinajstić information content (AvgIpc) is 2.96. The van der Waals surface area contributed by atoms with Crippen LogP contribution in [0.5, 0.6) is 0 Å². The first kappa shape index (κ1) is 13.1. The van der Waals surface area contributed by atoms with E-state index >= 15 is 0 Å². The second-order valence-corrected chi connectivity index (χ2v) is 5.12. The molecule has 1 unspecified atom stereocenters. The minimum absolute atomic E-state index is 0.174. The number of nitrogens with zero attached hydrogens (tertiary/aromatic N) is 3. The number of carbonyl (C=O) groups is 1. The Bertz CT molecular complexity index is 673. The van der Waals surface area contributed by atoms with Crippen molar-refractivity contribution in [2.45, 2.75) is 19.3 Å². The van der Waals surface area contributed by atoms with Gasteiger partial charge in [-0.25, -0.2) is 4.39 Å². The molecule has 7 heteroatoms. The van der Waals surface area contributed by atoms with E-state index in [-0.39, 0.29) is 23.9 Å². The van der Waals surface area contributed by atoms with E-state index in [9.17, 15) is 9.18 Å². The third-order valence-electron chi connectivity index (χ3n) is 3.22. The molecule has 0 aliphatic carbocycles. The van der Waals surface area contributed by atoms with Gasteiger partial charge >= 0.3 is 0 Å². The summed E-state index contributed by atoms with van der Waals surface area (Å²) in [5.41, 5.74) is 0.220. The van der Waals surface area contributed by atoms with Gasteiger partial charge in [0.2, 0.25) is 11.8 Å². The predicted octanol–water partition coefficient (Wildman–Crippen LogP) is 2.69. The van der Waals surface area contributed by atoms with Crippen molar-refractivity contribution in [2.75, 3.05) is 11.4 Å². The lowest BCUT2D eigenvalue weighted by Gasteiger charge is -2.16. The highest BCUT2D eigenvalue weighted by atomic mass is 35.5. The highest BCUT2D eigenvalue weighted by Crippen LogP contribution is 2.33. The molecule has 0 spiro atoms. The maximum Gasteiger partial charge on any atom is 0.232 e. The molecule has 1 aliphatic heterocycles. The largest absolute Gasteiger partial charge is 0.339 e. The Kier molecular flexibility index (Phi) is 3.17. The van der Waals surface area contributed by atoms with E-state index in [1.807, 2.05) is 0 Å². The molecular formula is C13H11ClFN3O2. The van der Waals surface area contributed by atoms with Crippen LogP contribution in [0.2, 0.25) is 5.02 Å². The van der Waals surface area contributed by atoms with Gasteiger partial charge in [-0.15, -0.1) is 0 Å². The molecule has 104 valence electrons. The number of rotatable bonds is 2. The van der Waals surface area contributed by atoms with Gasteiger partial charge in [0.15, 0.2) is 5.82 Å². The number of hydrogen-bond acceptors (Lipinski definition) is 4. The third kappa shape index (κ3) is 2.27. The first-order valence-corrected chi connectivity index (χ1v) is 6.48. The lowest BCUT2D eigenvalue weighted by Crippen LogP contribution is -2.25. The van der Waals surface area contributed by atoms with Crippen LogP contribution in [0, 0.1) is 12.7 Å². The van der Waals surface area contributed by atoms with Crippen LogP contribution in [0.3, 0.4) is 0 Å². The van der Waals surface area contributed by atoms with Gasteiger partial charge in [0.1, 0.15) is 5.82 Å². The molecule has 1 aromatic heterocycles. The van der Waals surface area contributed by atoms with Crippen molar-refractivity contribution < 1.29 is 13.7 Å². The number of amides is 1. The van der Waals surface area contributed by atoms with Gasteiger partial charge in [0, 0.05) is 18.0 Å². The maximum atomic E-state index is 13.9. The molecular weight excluding hydrogens is 285 g/mol. The fraction of sp³-hybridized carbons (Fsp3) is 0.308. The van der Waals surface area contributed by atoms with Crippen LogP contribution in [0.25, 0.3) is 0 Å². The van der Waals surface area contributed by atoms with Crippen molar-refractivity contribution in [3.8, 4) is 0 Å². The van der Waals surface area contributed by atoms with Crippen molar-refractivity contribution in [1.29, 1.82) is 0 Å². The molecule has 1 aliphatic rings. The van der Waals surface area contributed by atoms with E-state index in [0.717, 1.165) is 0 Å². The highest BCUT2D eigenvalue weighted by molar-refractivity contribution is 6.30. The Balaban J connectivity index is 1.87. The second kappa shape index (κ2) is 4.86. The summed E-state index contributed by atoms with van der Waals surface area (Å²) < 4.78 is 19.0. The highest BCUT2D eigenvalue weighted by Gasteiger charge is 2.35. The quantitative estimate of drug-likeness (QED) is 0.854. The van der Waals surface area contributed by atoms with Crippen molar-refractivity contribution in [3.05, 3.63) is 40.8 Å². The number of carbonyl (C=O) groups excluding carboxylic acids is 1. The number of halogens is 2. The first-order chi connectivity index (χ1) is 9.54. The Labute approximate surface area is 119 Å². The normalized spacial score (nSPS) is 18.9. The van der Waals surface area contributed by atoms with Crippen LogP contribution >= 0.6 is 11.6 Å². The van der Waals surface area contributed by atoms with E-state index < -0.39 is 5.82 Å². The van der Waals surface area contributed by atoms with Crippen LogP contribution in [0.4, 0.5) is 10.1 Å². The molecule has 3 rings (SSSR count). The van der Waals surface area contributed by atoms with Gasteiger partial charge in [-0.3, -0.25) is 4.79 Å². The van der Waals surface area contributed by atoms with Crippen LogP contribution in [0.1, 0.15) is 24.1 Å². The Morgan fingerprint density at radius 1 is 1.50 bits per heavy atom. The number of benzene rings is 1. The molecule has 0 bridgehead atoms. The summed E-state index contributed by atoms with van der Waals surface area (Å²) in [5, 5.41) is 4.00. The Morgan fingerprint density at radius 2 is 2.30 bits per heavy atom. The monoisotopic (exact) mass is 295 g/mol. The predicted molar refractivity (Wildman–Crippen MR) is 70.2 cm³/mol. The molecule has 1 aromatic carbocycles. The molecule has 1 saturated heterocycles. The molecule has 5 nitrogen and oxygen atoms in total. The topological polar surface area (TPSA) is 59.2 Å². The van der Waals surface area contributed by atoms with Crippen LogP contribution in [-0.4, -0.2) is 22.6 Å².